The molecule has 5 nitrogen and oxygen atoms in total. The Morgan fingerprint density at radius 2 is 2.00 bits per heavy atom. The lowest BCUT2D eigenvalue weighted by Gasteiger charge is -2.14. The zero-order valence-electron chi connectivity index (χ0n) is 13.3. The number of nitrogens with one attached hydrogen (secondary N) is 2. The van der Waals surface area contributed by atoms with Crippen LogP contribution in [0.25, 0.3) is 21.7 Å². The molecule has 2 aromatic heterocycles. The van der Waals surface area contributed by atoms with Gasteiger partial charge in [-0.3, -0.25) is 4.99 Å². The molecule has 1 aromatic carbocycles. The molecule has 0 aliphatic carbocycles. The zero-order chi connectivity index (χ0) is 17.1. The lowest BCUT2D eigenvalue weighted by Crippen LogP contribution is -2.35. The van der Waals surface area contributed by atoms with Crippen molar-refractivity contribution in [2.45, 2.75) is 6.42 Å². The largest absolute Gasteiger partial charge is 0.356 e. The van der Waals surface area contributed by atoms with E-state index in [-0.39, 0.29) is 0 Å². The summed E-state index contributed by atoms with van der Waals surface area (Å²) in [5, 5.41) is 20.4. The van der Waals surface area contributed by atoms with Gasteiger partial charge in [0, 0.05) is 34.3 Å². The van der Waals surface area contributed by atoms with Gasteiger partial charge in [0.25, 0.3) is 0 Å². The molecule has 2 N–H and O–H groups in total. The quantitative estimate of drug-likeness (QED) is 0.730. The average Bonchev–Trinajstić information content (AvgIpc) is 3.32. The number of rotatable bonds is 3. The molecule has 1 aliphatic heterocycles. The van der Waals surface area contributed by atoms with Crippen molar-refractivity contribution in [2.24, 2.45) is 4.99 Å². The van der Waals surface area contributed by atoms with Crippen molar-refractivity contribution in [3.63, 3.8) is 0 Å². The van der Waals surface area contributed by atoms with E-state index in [2.05, 4.69) is 43.5 Å². The molecule has 0 saturated carbocycles. The minimum atomic E-state index is 0.676. The molecule has 7 heteroatoms. The SMILES string of the molecule is N#Cc1ccc(-c2cc(-c3csc(NC4=NCCCN4)n3)cs2)cc1. The summed E-state index contributed by atoms with van der Waals surface area (Å²) in [5.41, 5.74) is 3.85. The number of thiazole rings is 1. The van der Waals surface area contributed by atoms with Crippen molar-refractivity contribution < 1.29 is 0 Å². The second-order valence-electron chi connectivity index (χ2n) is 5.56. The second kappa shape index (κ2) is 7.05. The van der Waals surface area contributed by atoms with Crippen LogP contribution in [-0.2, 0) is 0 Å². The average molecular weight is 365 g/mol. The van der Waals surface area contributed by atoms with Crippen molar-refractivity contribution in [3.8, 4) is 27.8 Å². The summed E-state index contributed by atoms with van der Waals surface area (Å²) in [6.07, 6.45) is 1.07. The fourth-order valence-electron chi connectivity index (χ4n) is 2.51. The van der Waals surface area contributed by atoms with E-state index in [1.165, 1.54) is 4.88 Å². The van der Waals surface area contributed by atoms with Gasteiger partial charge in [-0.15, -0.1) is 22.7 Å². The Hall–Kier alpha value is -2.69. The minimum absolute atomic E-state index is 0.676. The standard InChI is InChI=1S/C18H15N5S2/c19-9-12-2-4-13(5-3-12)16-8-14(10-24-16)15-11-25-18(22-15)23-17-20-6-1-7-21-17/h2-5,8,10-11H,1,6-7H2,(H2,20,21,22,23). The number of anilines is 1. The Bertz CT molecular complexity index is 947. The predicted octanol–water partition coefficient (Wildman–Crippen LogP) is 4.17. The Morgan fingerprint density at radius 1 is 1.12 bits per heavy atom. The first-order valence-corrected chi connectivity index (χ1v) is 9.68. The monoisotopic (exact) mass is 365 g/mol. The smallest absolute Gasteiger partial charge is 0.197 e. The number of hydrogen-bond donors (Lipinski definition) is 2. The maximum atomic E-state index is 8.90. The van der Waals surface area contributed by atoms with Crippen LogP contribution in [0.15, 0.2) is 46.1 Å². The summed E-state index contributed by atoms with van der Waals surface area (Å²) in [6, 6.07) is 11.9. The molecule has 0 bridgehead atoms. The van der Waals surface area contributed by atoms with Gasteiger partial charge in [0.2, 0.25) is 0 Å². The van der Waals surface area contributed by atoms with Crippen LogP contribution in [0.5, 0.6) is 0 Å². The zero-order valence-corrected chi connectivity index (χ0v) is 15.0. The molecule has 0 unspecified atom stereocenters. The minimum Gasteiger partial charge on any atom is -0.356 e. The number of hydrogen-bond acceptors (Lipinski definition) is 7. The van der Waals surface area contributed by atoms with Gasteiger partial charge in [0.15, 0.2) is 11.1 Å². The molecule has 3 heterocycles. The van der Waals surface area contributed by atoms with E-state index in [1.807, 2.05) is 24.3 Å². The highest BCUT2D eigenvalue weighted by atomic mass is 32.1. The number of aromatic nitrogens is 1. The van der Waals surface area contributed by atoms with E-state index in [4.69, 9.17) is 5.26 Å². The molecule has 0 saturated heterocycles. The van der Waals surface area contributed by atoms with Crippen LogP contribution >= 0.6 is 22.7 Å². The van der Waals surface area contributed by atoms with Crippen molar-refractivity contribution >= 4 is 33.8 Å². The lowest BCUT2D eigenvalue weighted by atomic mass is 10.1. The van der Waals surface area contributed by atoms with Crippen LogP contribution in [0.1, 0.15) is 12.0 Å². The van der Waals surface area contributed by atoms with Crippen LogP contribution < -0.4 is 10.6 Å². The second-order valence-corrected chi connectivity index (χ2v) is 7.33. The predicted molar refractivity (Wildman–Crippen MR) is 104 cm³/mol. The van der Waals surface area contributed by atoms with Gasteiger partial charge in [-0.1, -0.05) is 12.1 Å². The van der Waals surface area contributed by atoms with Crippen molar-refractivity contribution in [3.05, 3.63) is 46.7 Å². The summed E-state index contributed by atoms with van der Waals surface area (Å²) in [7, 11) is 0. The summed E-state index contributed by atoms with van der Waals surface area (Å²) in [4.78, 5) is 10.2. The molecule has 0 fully saturated rings. The van der Waals surface area contributed by atoms with Gasteiger partial charge in [0.1, 0.15) is 0 Å². The normalized spacial score (nSPS) is 13.6. The maximum Gasteiger partial charge on any atom is 0.197 e. The molecule has 124 valence electrons. The first kappa shape index (κ1) is 15.8. The highest BCUT2D eigenvalue weighted by molar-refractivity contribution is 7.15. The van der Waals surface area contributed by atoms with E-state index in [1.54, 1.807) is 22.7 Å². The first-order valence-electron chi connectivity index (χ1n) is 7.92. The number of thiophene rings is 1. The van der Waals surface area contributed by atoms with Crippen LogP contribution in [-0.4, -0.2) is 24.0 Å². The molecule has 0 atom stereocenters. The van der Waals surface area contributed by atoms with Gasteiger partial charge < -0.3 is 10.6 Å². The van der Waals surface area contributed by atoms with Gasteiger partial charge in [-0.2, -0.15) is 5.26 Å². The topological polar surface area (TPSA) is 73.1 Å². The molecule has 4 rings (SSSR count). The summed E-state index contributed by atoms with van der Waals surface area (Å²) in [6.45, 7) is 1.80. The van der Waals surface area contributed by atoms with Crippen LogP contribution in [0.3, 0.4) is 0 Å². The van der Waals surface area contributed by atoms with Gasteiger partial charge in [0.05, 0.1) is 17.3 Å². The number of guanidine groups is 1. The summed E-state index contributed by atoms with van der Waals surface area (Å²) in [5.74, 6) is 0.802. The molecule has 0 radical (unpaired) electrons. The summed E-state index contributed by atoms with van der Waals surface area (Å²) >= 11 is 3.25. The van der Waals surface area contributed by atoms with Crippen molar-refractivity contribution in [1.29, 1.82) is 5.26 Å². The highest BCUT2D eigenvalue weighted by Gasteiger charge is 2.11. The van der Waals surface area contributed by atoms with Crippen LogP contribution in [0.2, 0.25) is 0 Å². The number of nitrogens with zero attached hydrogens (tertiary/aromatic N) is 3. The molecular weight excluding hydrogens is 350 g/mol. The Labute approximate surface area is 153 Å². The lowest BCUT2D eigenvalue weighted by molar-refractivity contribution is 0.740. The fraction of sp³-hybridized carbons (Fsp3) is 0.167. The van der Waals surface area contributed by atoms with E-state index in [0.717, 1.165) is 47.4 Å². The molecule has 0 amide bonds. The number of nitriles is 1. The third-order valence-corrected chi connectivity index (χ3v) is 5.56. The van der Waals surface area contributed by atoms with E-state index >= 15 is 0 Å². The van der Waals surface area contributed by atoms with Gasteiger partial charge in [-0.25, -0.2) is 4.98 Å². The Balaban J connectivity index is 1.52. The number of benzene rings is 1. The van der Waals surface area contributed by atoms with E-state index < -0.39 is 0 Å². The summed E-state index contributed by atoms with van der Waals surface area (Å²) < 4.78 is 0. The third-order valence-electron chi connectivity index (χ3n) is 3.82. The van der Waals surface area contributed by atoms with Crippen LogP contribution in [0.4, 0.5) is 5.13 Å². The van der Waals surface area contributed by atoms with Gasteiger partial charge >= 0.3 is 0 Å². The third kappa shape index (κ3) is 3.55. The van der Waals surface area contributed by atoms with E-state index in [0.29, 0.717) is 5.56 Å². The van der Waals surface area contributed by atoms with Crippen molar-refractivity contribution in [1.82, 2.24) is 10.3 Å². The van der Waals surface area contributed by atoms with E-state index in [9.17, 15) is 0 Å². The van der Waals surface area contributed by atoms with Crippen LogP contribution in [0, 0.1) is 11.3 Å². The first-order chi connectivity index (χ1) is 12.3. The maximum absolute atomic E-state index is 8.90. The number of aliphatic imine (C=N–C) groups is 1. The molecule has 0 spiro atoms. The fourth-order valence-corrected chi connectivity index (χ4v) is 4.14. The Morgan fingerprint density at radius 3 is 2.76 bits per heavy atom. The van der Waals surface area contributed by atoms with Gasteiger partial charge in [-0.05, 0) is 30.2 Å². The molecule has 1 aliphatic rings. The molecular formula is C18H15N5S2. The Kier molecular flexibility index (Phi) is 4.46. The van der Waals surface area contributed by atoms with Crippen molar-refractivity contribution in [2.75, 3.05) is 18.4 Å². The highest BCUT2D eigenvalue weighted by Crippen LogP contribution is 2.34. The molecule has 3 aromatic rings. The molecule has 25 heavy (non-hydrogen) atoms.